The molecule has 4 rings (SSSR count). The Hall–Kier alpha value is -3.66. The van der Waals surface area contributed by atoms with Crippen LogP contribution in [0.2, 0.25) is 0 Å². The molecule has 0 amide bonds. The summed E-state index contributed by atoms with van der Waals surface area (Å²) in [6.07, 6.45) is 5.26. The van der Waals surface area contributed by atoms with Crippen molar-refractivity contribution < 1.29 is 9.90 Å². The average molecular weight is 396 g/mol. The number of aryl methyl sites for hydroxylation is 1. The molecule has 0 atom stereocenters. The molecule has 30 heavy (non-hydrogen) atoms. The third kappa shape index (κ3) is 3.77. The van der Waals surface area contributed by atoms with Crippen LogP contribution in [0.5, 0.6) is 0 Å². The Morgan fingerprint density at radius 1 is 0.800 bits per heavy atom. The molecule has 0 saturated carbocycles. The number of aliphatic carboxylic acids is 1. The van der Waals surface area contributed by atoms with Crippen molar-refractivity contribution in [3.05, 3.63) is 126 Å². The first-order chi connectivity index (χ1) is 14.7. The van der Waals surface area contributed by atoms with Gasteiger partial charge in [0.2, 0.25) is 0 Å². The summed E-state index contributed by atoms with van der Waals surface area (Å²) in [5.74, 6) is -0.776. The Morgan fingerprint density at radius 3 is 1.70 bits per heavy atom. The van der Waals surface area contributed by atoms with E-state index in [1.54, 1.807) is 0 Å². The zero-order valence-electron chi connectivity index (χ0n) is 16.7. The number of hydrogen-bond donors (Lipinski definition) is 1. The van der Waals surface area contributed by atoms with E-state index >= 15 is 0 Å². The van der Waals surface area contributed by atoms with Crippen LogP contribution in [-0.2, 0) is 16.8 Å². The number of imidazole rings is 1. The summed E-state index contributed by atoms with van der Waals surface area (Å²) in [5, 5.41) is 8.95. The molecule has 4 heteroatoms. The molecule has 150 valence electrons. The van der Waals surface area contributed by atoms with Gasteiger partial charge in [-0.05, 0) is 29.5 Å². The number of benzene rings is 3. The second-order valence-corrected chi connectivity index (χ2v) is 7.33. The third-order valence-electron chi connectivity index (χ3n) is 5.42. The summed E-state index contributed by atoms with van der Waals surface area (Å²) >= 11 is 0. The number of nitrogens with zero attached hydrogens (tertiary/aromatic N) is 2. The van der Waals surface area contributed by atoms with Gasteiger partial charge in [-0.25, -0.2) is 4.98 Å². The van der Waals surface area contributed by atoms with Crippen LogP contribution < -0.4 is 0 Å². The van der Waals surface area contributed by atoms with E-state index in [9.17, 15) is 4.79 Å². The molecule has 1 heterocycles. The van der Waals surface area contributed by atoms with Gasteiger partial charge in [0.1, 0.15) is 5.54 Å². The predicted molar refractivity (Wildman–Crippen MR) is 117 cm³/mol. The van der Waals surface area contributed by atoms with Crippen LogP contribution in [0.1, 0.15) is 35.2 Å². The maximum Gasteiger partial charge on any atom is 0.303 e. The van der Waals surface area contributed by atoms with Gasteiger partial charge in [0.05, 0.1) is 12.0 Å². The topological polar surface area (TPSA) is 55.1 Å². The number of carbonyl (C=O) groups is 1. The highest BCUT2D eigenvalue weighted by Gasteiger charge is 2.38. The Kier molecular flexibility index (Phi) is 5.75. The zero-order chi connectivity index (χ0) is 20.8. The number of hydrogen-bond acceptors (Lipinski definition) is 2. The minimum absolute atomic E-state index is 0.147. The lowest BCUT2D eigenvalue weighted by Crippen LogP contribution is -2.36. The molecule has 0 fully saturated rings. The Labute approximate surface area is 176 Å². The van der Waals surface area contributed by atoms with Gasteiger partial charge in [0.25, 0.3) is 0 Å². The summed E-state index contributed by atoms with van der Waals surface area (Å²) in [5.41, 5.74) is 3.72. The first-order valence-electron chi connectivity index (χ1n) is 10.1. The molecule has 0 radical (unpaired) electrons. The highest BCUT2D eigenvalue weighted by molar-refractivity contribution is 5.66. The SMILES string of the molecule is O=C(O)CCCc1cn(C(c2ccccc2)(c2ccccc2)c2ccccc2)cn1. The molecule has 0 aliphatic carbocycles. The zero-order valence-corrected chi connectivity index (χ0v) is 16.7. The van der Waals surface area contributed by atoms with Crippen molar-refractivity contribution in [3.8, 4) is 0 Å². The molecule has 4 nitrogen and oxygen atoms in total. The van der Waals surface area contributed by atoms with Gasteiger partial charge < -0.3 is 9.67 Å². The second kappa shape index (κ2) is 8.78. The molecular weight excluding hydrogens is 372 g/mol. The van der Waals surface area contributed by atoms with E-state index in [0.717, 1.165) is 22.4 Å². The summed E-state index contributed by atoms with van der Waals surface area (Å²) in [7, 11) is 0. The van der Waals surface area contributed by atoms with Crippen molar-refractivity contribution >= 4 is 5.97 Å². The molecular formula is C26H24N2O2. The van der Waals surface area contributed by atoms with Crippen molar-refractivity contribution in [1.29, 1.82) is 0 Å². The smallest absolute Gasteiger partial charge is 0.303 e. The Morgan fingerprint density at radius 2 is 1.27 bits per heavy atom. The van der Waals surface area contributed by atoms with Gasteiger partial charge in [-0.1, -0.05) is 91.0 Å². The van der Waals surface area contributed by atoms with Crippen LogP contribution in [0.25, 0.3) is 0 Å². The van der Waals surface area contributed by atoms with Crippen LogP contribution in [0, 0.1) is 0 Å². The van der Waals surface area contributed by atoms with Crippen molar-refractivity contribution in [1.82, 2.24) is 9.55 Å². The molecule has 3 aromatic carbocycles. The van der Waals surface area contributed by atoms with E-state index in [1.165, 1.54) is 0 Å². The van der Waals surface area contributed by atoms with E-state index < -0.39 is 11.5 Å². The highest BCUT2D eigenvalue weighted by atomic mass is 16.4. The maximum atomic E-state index is 10.9. The van der Waals surface area contributed by atoms with Crippen LogP contribution >= 0.6 is 0 Å². The van der Waals surface area contributed by atoms with Crippen molar-refractivity contribution in [2.75, 3.05) is 0 Å². The summed E-state index contributed by atoms with van der Waals surface area (Å²) in [6, 6.07) is 31.3. The summed E-state index contributed by atoms with van der Waals surface area (Å²) in [4.78, 5) is 15.5. The quantitative estimate of drug-likeness (QED) is 0.420. The van der Waals surface area contributed by atoms with E-state index in [2.05, 4.69) is 88.5 Å². The van der Waals surface area contributed by atoms with Crippen LogP contribution in [0.4, 0.5) is 0 Å². The largest absolute Gasteiger partial charge is 0.481 e. The maximum absolute atomic E-state index is 10.9. The molecule has 0 saturated heterocycles. The lowest BCUT2D eigenvalue weighted by atomic mass is 9.77. The molecule has 0 unspecified atom stereocenters. The predicted octanol–water partition coefficient (Wildman–Crippen LogP) is 5.13. The van der Waals surface area contributed by atoms with Crippen molar-refractivity contribution in [2.24, 2.45) is 0 Å². The summed E-state index contributed by atoms with van der Waals surface area (Å²) in [6.45, 7) is 0. The van der Waals surface area contributed by atoms with E-state index in [0.29, 0.717) is 12.8 Å². The Balaban J connectivity index is 1.90. The molecule has 0 bridgehead atoms. The first-order valence-corrected chi connectivity index (χ1v) is 10.1. The number of aromatic nitrogens is 2. The van der Waals surface area contributed by atoms with Crippen molar-refractivity contribution in [2.45, 2.75) is 24.8 Å². The fourth-order valence-electron chi connectivity index (χ4n) is 4.08. The highest BCUT2D eigenvalue weighted by Crippen LogP contribution is 2.40. The normalized spacial score (nSPS) is 11.3. The van der Waals surface area contributed by atoms with Crippen molar-refractivity contribution in [3.63, 3.8) is 0 Å². The standard InChI is InChI=1S/C26H24N2O2/c29-25(30)18-10-17-24-19-28(20-27-24)26(21-11-4-1-5-12-21,22-13-6-2-7-14-22)23-15-8-3-9-16-23/h1-9,11-16,19-20H,10,17-18H2,(H,29,30). The monoisotopic (exact) mass is 396 g/mol. The van der Waals surface area contributed by atoms with Crippen LogP contribution in [-0.4, -0.2) is 20.6 Å². The van der Waals surface area contributed by atoms with Gasteiger partial charge in [-0.15, -0.1) is 0 Å². The minimum Gasteiger partial charge on any atom is -0.481 e. The molecule has 0 aliphatic heterocycles. The second-order valence-electron chi connectivity index (χ2n) is 7.33. The lowest BCUT2D eigenvalue weighted by molar-refractivity contribution is -0.137. The van der Waals surface area contributed by atoms with Crippen LogP contribution in [0.15, 0.2) is 104 Å². The van der Waals surface area contributed by atoms with E-state index in [1.807, 2.05) is 24.5 Å². The van der Waals surface area contributed by atoms with Gasteiger partial charge in [0, 0.05) is 12.6 Å². The van der Waals surface area contributed by atoms with Gasteiger partial charge in [-0.3, -0.25) is 4.79 Å². The molecule has 1 N–H and O–H groups in total. The number of carboxylic acid groups (broad SMARTS) is 1. The lowest BCUT2D eigenvalue weighted by Gasteiger charge is -2.37. The van der Waals surface area contributed by atoms with Gasteiger partial charge >= 0.3 is 5.97 Å². The van der Waals surface area contributed by atoms with Gasteiger partial charge in [0.15, 0.2) is 0 Å². The van der Waals surface area contributed by atoms with E-state index in [-0.39, 0.29) is 6.42 Å². The fraction of sp³-hybridized carbons (Fsp3) is 0.154. The minimum atomic E-state index is -0.776. The number of rotatable bonds is 8. The third-order valence-corrected chi connectivity index (χ3v) is 5.42. The van der Waals surface area contributed by atoms with Crippen LogP contribution in [0.3, 0.4) is 0 Å². The number of carboxylic acids is 1. The Bertz CT molecular complexity index is 993. The molecule has 1 aromatic heterocycles. The average Bonchev–Trinajstić information content (AvgIpc) is 3.25. The van der Waals surface area contributed by atoms with Gasteiger partial charge in [-0.2, -0.15) is 0 Å². The summed E-state index contributed by atoms with van der Waals surface area (Å²) < 4.78 is 2.16. The molecule has 0 aliphatic rings. The first kappa shape index (κ1) is 19.6. The fourth-order valence-corrected chi connectivity index (χ4v) is 4.08. The van der Waals surface area contributed by atoms with E-state index in [4.69, 9.17) is 5.11 Å². The molecule has 0 spiro atoms. The molecule has 4 aromatic rings.